The molecule has 0 spiro atoms. The molecule has 2 saturated carbocycles. The molecule has 2 aromatic rings. The van der Waals surface area contributed by atoms with Crippen molar-refractivity contribution in [1.29, 1.82) is 5.26 Å². The second-order valence-corrected chi connectivity index (χ2v) is 8.42. The van der Waals surface area contributed by atoms with Crippen molar-refractivity contribution in [3.63, 3.8) is 0 Å². The summed E-state index contributed by atoms with van der Waals surface area (Å²) < 4.78 is 52.2. The zero-order valence-electron chi connectivity index (χ0n) is 16.9. The molecule has 2 fully saturated rings. The molecule has 0 saturated heterocycles. The second-order valence-electron chi connectivity index (χ2n) is 8.42. The van der Waals surface area contributed by atoms with E-state index in [-0.39, 0.29) is 23.3 Å². The van der Waals surface area contributed by atoms with Gasteiger partial charge in [-0.25, -0.2) is 13.2 Å². The van der Waals surface area contributed by atoms with Gasteiger partial charge < -0.3 is 9.47 Å². The molecule has 0 amide bonds. The van der Waals surface area contributed by atoms with E-state index >= 15 is 0 Å². The van der Waals surface area contributed by atoms with E-state index in [4.69, 9.17) is 9.47 Å². The Labute approximate surface area is 177 Å². The van der Waals surface area contributed by atoms with Crippen molar-refractivity contribution in [2.24, 2.45) is 17.3 Å². The maximum absolute atomic E-state index is 15.0. The molecule has 0 bridgehead atoms. The minimum Gasteiger partial charge on any atom is -0.454 e. The fourth-order valence-electron chi connectivity index (χ4n) is 3.80. The lowest BCUT2D eigenvalue weighted by Crippen LogP contribution is -2.15. The van der Waals surface area contributed by atoms with E-state index in [0.717, 1.165) is 0 Å². The maximum Gasteiger partial charge on any atom is 0.311 e. The van der Waals surface area contributed by atoms with Crippen molar-refractivity contribution in [2.45, 2.75) is 32.3 Å². The van der Waals surface area contributed by atoms with Crippen LogP contribution in [0.4, 0.5) is 13.2 Å². The van der Waals surface area contributed by atoms with Crippen LogP contribution in [0.2, 0.25) is 0 Å². The molecule has 4 nitrogen and oxygen atoms in total. The molecule has 3 unspecified atom stereocenters. The number of hydrogen-bond donors (Lipinski definition) is 0. The number of ether oxygens (including phenoxy) is 2. The van der Waals surface area contributed by atoms with Crippen LogP contribution in [0.5, 0.6) is 11.5 Å². The average molecular weight is 427 g/mol. The monoisotopic (exact) mass is 427 g/mol. The molecule has 0 heterocycles. The van der Waals surface area contributed by atoms with Gasteiger partial charge in [-0.3, -0.25) is 4.79 Å². The van der Waals surface area contributed by atoms with E-state index in [2.05, 4.69) is 0 Å². The number of carbonyl (C=O) groups is 1. The lowest BCUT2D eigenvalue weighted by molar-refractivity contribution is -0.149. The summed E-state index contributed by atoms with van der Waals surface area (Å²) in [6, 6.07) is 14.6. The van der Waals surface area contributed by atoms with Crippen LogP contribution in [0.1, 0.15) is 31.9 Å². The molecule has 160 valence electrons. The predicted octanol–water partition coefficient (Wildman–Crippen LogP) is 5.96. The molecule has 2 aliphatic carbocycles. The van der Waals surface area contributed by atoms with Crippen LogP contribution >= 0.6 is 0 Å². The molecule has 3 atom stereocenters. The Morgan fingerprint density at radius 1 is 1.19 bits per heavy atom. The fraction of sp³-hybridized carbons (Fsp3) is 0.333. The molecule has 0 N–H and O–H groups in total. The van der Waals surface area contributed by atoms with E-state index < -0.39 is 41.1 Å². The van der Waals surface area contributed by atoms with Crippen molar-refractivity contribution in [3.05, 3.63) is 71.6 Å². The van der Waals surface area contributed by atoms with Gasteiger partial charge >= 0.3 is 5.97 Å². The summed E-state index contributed by atoms with van der Waals surface area (Å²) >= 11 is 0. The number of nitrogens with zero attached hydrogens (tertiary/aromatic N) is 1. The third kappa shape index (κ3) is 4.02. The summed E-state index contributed by atoms with van der Waals surface area (Å²) in [5.41, 5.74) is -0.680. The SMILES string of the molecule is CC1(C)C(C=C2CC2(F)F)C1C(=O)OC(C#N)c1cccc(Oc2ccccc2)c1F. The van der Waals surface area contributed by atoms with Crippen molar-refractivity contribution < 1.29 is 27.4 Å². The van der Waals surface area contributed by atoms with Crippen molar-refractivity contribution in [2.75, 3.05) is 0 Å². The molecular weight excluding hydrogens is 407 g/mol. The van der Waals surface area contributed by atoms with Gasteiger partial charge in [-0.15, -0.1) is 0 Å². The summed E-state index contributed by atoms with van der Waals surface area (Å²) in [5, 5.41) is 9.51. The molecule has 2 aliphatic rings. The minimum absolute atomic E-state index is 0.0227. The smallest absolute Gasteiger partial charge is 0.311 e. The van der Waals surface area contributed by atoms with Gasteiger partial charge in [0, 0.05) is 17.6 Å². The second kappa shape index (κ2) is 7.45. The molecule has 0 radical (unpaired) electrons. The van der Waals surface area contributed by atoms with Gasteiger partial charge in [-0.2, -0.15) is 5.26 Å². The highest BCUT2D eigenvalue weighted by Crippen LogP contribution is 2.62. The predicted molar refractivity (Wildman–Crippen MR) is 106 cm³/mol. The number of allylic oxidation sites excluding steroid dienone is 2. The van der Waals surface area contributed by atoms with Crippen molar-refractivity contribution in [3.8, 4) is 17.6 Å². The third-order valence-electron chi connectivity index (χ3n) is 5.90. The molecule has 2 aromatic carbocycles. The molecule has 7 heteroatoms. The number of carbonyl (C=O) groups excluding carboxylic acids is 1. The number of esters is 1. The first-order chi connectivity index (χ1) is 14.6. The average Bonchev–Trinajstić information content (AvgIpc) is 3.52. The Balaban J connectivity index is 1.50. The Morgan fingerprint density at radius 2 is 1.87 bits per heavy atom. The van der Waals surface area contributed by atoms with Crippen LogP contribution in [-0.2, 0) is 9.53 Å². The third-order valence-corrected chi connectivity index (χ3v) is 5.90. The molecular formula is C24H20F3NO3. The van der Waals surface area contributed by atoms with Gasteiger partial charge in [-0.1, -0.05) is 50.3 Å². The first-order valence-electron chi connectivity index (χ1n) is 9.85. The van der Waals surface area contributed by atoms with E-state index in [0.29, 0.717) is 5.75 Å². The zero-order chi connectivity index (χ0) is 22.4. The number of alkyl halides is 2. The van der Waals surface area contributed by atoms with Crippen molar-refractivity contribution >= 4 is 5.97 Å². The normalized spacial score (nSPS) is 24.7. The summed E-state index contributed by atoms with van der Waals surface area (Å²) in [6.45, 7) is 3.55. The molecule has 0 aliphatic heterocycles. The highest BCUT2D eigenvalue weighted by molar-refractivity contribution is 5.79. The number of benzene rings is 2. The number of para-hydroxylation sites is 1. The summed E-state index contributed by atoms with van der Waals surface area (Å²) in [4.78, 5) is 12.7. The van der Waals surface area contributed by atoms with Gasteiger partial charge in [0.15, 0.2) is 11.6 Å². The lowest BCUT2D eigenvalue weighted by atomic mass is 10.1. The summed E-state index contributed by atoms with van der Waals surface area (Å²) in [5.74, 6) is -5.07. The van der Waals surface area contributed by atoms with E-state index in [1.165, 1.54) is 24.3 Å². The fourth-order valence-corrected chi connectivity index (χ4v) is 3.80. The van der Waals surface area contributed by atoms with Gasteiger partial charge in [0.05, 0.1) is 5.92 Å². The van der Waals surface area contributed by atoms with Gasteiger partial charge in [-0.05, 0) is 29.5 Å². The van der Waals surface area contributed by atoms with Crippen LogP contribution in [0, 0.1) is 34.4 Å². The number of rotatable bonds is 6. The standard InChI is InChI=1S/C24H20F3NO3/c1-23(2)17(11-14-12-24(14,26)27)20(23)22(29)31-19(13-28)16-9-6-10-18(21(16)25)30-15-7-4-3-5-8-15/h3-11,17,19-20H,12H2,1-2H3. The number of nitriles is 1. The van der Waals surface area contributed by atoms with Crippen LogP contribution in [0.15, 0.2) is 60.2 Å². The minimum atomic E-state index is -2.79. The zero-order valence-corrected chi connectivity index (χ0v) is 16.9. The van der Waals surface area contributed by atoms with Crippen LogP contribution in [0.25, 0.3) is 0 Å². The Morgan fingerprint density at radius 3 is 2.48 bits per heavy atom. The summed E-state index contributed by atoms with van der Waals surface area (Å²) in [6.07, 6.45) is -0.344. The van der Waals surface area contributed by atoms with Gasteiger partial charge in [0.1, 0.15) is 11.8 Å². The van der Waals surface area contributed by atoms with Crippen LogP contribution < -0.4 is 4.74 Å². The topological polar surface area (TPSA) is 59.3 Å². The molecule has 4 rings (SSSR count). The highest BCUT2D eigenvalue weighted by Gasteiger charge is 2.64. The Bertz CT molecular complexity index is 1090. The van der Waals surface area contributed by atoms with E-state index in [9.17, 15) is 23.2 Å². The highest BCUT2D eigenvalue weighted by atomic mass is 19.3. The Hall–Kier alpha value is -3.27. The largest absolute Gasteiger partial charge is 0.454 e. The Kier molecular flexibility index (Phi) is 5.04. The molecule has 0 aromatic heterocycles. The first-order valence-corrected chi connectivity index (χ1v) is 9.85. The quantitative estimate of drug-likeness (QED) is 0.421. The van der Waals surface area contributed by atoms with Crippen LogP contribution in [0.3, 0.4) is 0 Å². The first kappa shape index (κ1) is 21.0. The van der Waals surface area contributed by atoms with Crippen LogP contribution in [-0.4, -0.2) is 11.9 Å². The number of halogens is 3. The maximum atomic E-state index is 15.0. The number of hydrogen-bond acceptors (Lipinski definition) is 4. The molecule has 31 heavy (non-hydrogen) atoms. The van der Waals surface area contributed by atoms with E-state index in [1.54, 1.807) is 50.2 Å². The van der Waals surface area contributed by atoms with Gasteiger partial charge in [0.2, 0.25) is 6.10 Å². The van der Waals surface area contributed by atoms with E-state index in [1.807, 2.05) is 0 Å². The lowest BCUT2D eigenvalue weighted by Gasteiger charge is -2.15. The van der Waals surface area contributed by atoms with Crippen molar-refractivity contribution in [1.82, 2.24) is 0 Å². The summed E-state index contributed by atoms with van der Waals surface area (Å²) in [7, 11) is 0. The van der Waals surface area contributed by atoms with Gasteiger partial charge in [0.25, 0.3) is 5.92 Å².